The van der Waals surface area contributed by atoms with Crippen molar-refractivity contribution in [3.8, 4) is 22.3 Å². The Balaban J connectivity index is 2.21. The minimum Gasteiger partial charge on any atom is -0.244 e. The lowest BCUT2D eigenvalue weighted by molar-refractivity contribution is 1.17. The van der Waals surface area contributed by atoms with Crippen LogP contribution in [0.15, 0.2) is 67.3 Å². The van der Waals surface area contributed by atoms with E-state index < -0.39 is 0 Å². The molecular weight excluding hydrogens is 232 g/mol. The summed E-state index contributed by atoms with van der Waals surface area (Å²) in [6, 6.07) is 16.8. The van der Waals surface area contributed by atoms with Gasteiger partial charge in [-0.2, -0.15) is 0 Å². The van der Waals surface area contributed by atoms with Crippen molar-refractivity contribution in [2.24, 2.45) is 0 Å². The van der Waals surface area contributed by atoms with Crippen LogP contribution in [0.2, 0.25) is 0 Å². The van der Waals surface area contributed by atoms with Gasteiger partial charge in [-0.3, -0.25) is 0 Å². The van der Waals surface area contributed by atoms with Gasteiger partial charge in [0.05, 0.1) is 0 Å². The molecule has 0 radical (unpaired) electrons. The van der Waals surface area contributed by atoms with E-state index in [9.17, 15) is 0 Å². The van der Waals surface area contributed by atoms with Gasteiger partial charge < -0.3 is 0 Å². The van der Waals surface area contributed by atoms with Crippen LogP contribution < -0.4 is 0 Å². The molecule has 19 heavy (non-hydrogen) atoms. The van der Waals surface area contributed by atoms with Crippen molar-refractivity contribution >= 4 is 0 Å². The summed E-state index contributed by atoms with van der Waals surface area (Å²) in [7, 11) is 0. The molecule has 0 bridgehead atoms. The van der Waals surface area contributed by atoms with Crippen molar-refractivity contribution < 1.29 is 0 Å². The van der Waals surface area contributed by atoms with Gasteiger partial charge in [0.2, 0.25) is 0 Å². The number of hydrogen-bond acceptors (Lipinski definition) is 2. The standard InChI is InChI=1S/C17H14N2/c1-13-6-2-3-7-15(13)17-9-5-4-8-16(17)14-10-18-12-19-11-14/h2-12H,1H3. The molecule has 3 rings (SSSR count). The fourth-order valence-electron chi connectivity index (χ4n) is 2.28. The van der Waals surface area contributed by atoms with Gasteiger partial charge in [0, 0.05) is 18.0 Å². The monoisotopic (exact) mass is 246 g/mol. The quantitative estimate of drug-likeness (QED) is 0.679. The number of aryl methyl sites for hydroxylation is 1. The van der Waals surface area contributed by atoms with Crippen molar-refractivity contribution in [2.75, 3.05) is 0 Å². The van der Waals surface area contributed by atoms with Crippen LogP contribution in [-0.4, -0.2) is 9.97 Å². The maximum absolute atomic E-state index is 4.11. The Kier molecular flexibility index (Phi) is 3.07. The lowest BCUT2D eigenvalue weighted by atomic mass is 9.93. The van der Waals surface area contributed by atoms with Crippen LogP contribution in [0.4, 0.5) is 0 Å². The third-order valence-electron chi connectivity index (χ3n) is 3.23. The second kappa shape index (κ2) is 5.02. The molecule has 2 heteroatoms. The smallest absolute Gasteiger partial charge is 0.115 e. The van der Waals surface area contributed by atoms with Crippen LogP contribution >= 0.6 is 0 Å². The molecule has 1 heterocycles. The highest BCUT2D eigenvalue weighted by Crippen LogP contribution is 2.32. The Morgan fingerprint density at radius 3 is 1.95 bits per heavy atom. The molecule has 0 saturated carbocycles. The predicted molar refractivity (Wildman–Crippen MR) is 77.6 cm³/mol. The zero-order valence-corrected chi connectivity index (χ0v) is 10.7. The van der Waals surface area contributed by atoms with Crippen molar-refractivity contribution in [2.45, 2.75) is 6.92 Å². The third-order valence-corrected chi connectivity index (χ3v) is 3.23. The van der Waals surface area contributed by atoms with Gasteiger partial charge in [-0.1, -0.05) is 48.5 Å². The van der Waals surface area contributed by atoms with Crippen LogP contribution in [0.5, 0.6) is 0 Å². The Labute approximate surface area is 112 Å². The van der Waals surface area contributed by atoms with Crippen molar-refractivity contribution in [1.82, 2.24) is 9.97 Å². The average molecular weight is 246 g/mol. The van der Waals surface area contributed by atoms with E-state index in [0.29, 0.717) is 0 Å². The number of hydrogen-bond donors (Lipinski definition) is 0. The molecule has 0 fully saturated rings. The van der Waals surface area contributed by atoms with E-state index in [0.717, 1.165) is 11.1 Å². The molecule has 92 valence electrons. The minimum atomic E-state index is 1.04. The maximum atomic E-state index is 4.11. The average Bonchev–Trinajstić information content (AvgIpc) is 2.49. The minimum absolute atomic E-state index is 1.04. The van der Waals surface area contributed by atoms with E-state index in [1.807, 2.05) is 18.5 Å². The Morgan fingerprint density at radius 2 is 1.26 bits per heavy atom. The van der Waals surface area contributed by atoms with E-state index in [-0.39, 0.29) is 0 Å². The van der Waals surface area contributed by atoms with Gasteiger partial charge in [0.15, 0.2) is 0 Å². The molecule has 3 aromatic rings. The Hall–Kier alpha value is -2.48. The van der Waals surface area contributed by atoms with Gasteiger partial charge in [-0.15, -0.1) is 0 Å². The van der Waals surface area contributed by atoms with E-state index in [4.69, 9.17) is 0 Å². The van der Waals surface area contributed by atoms with E-state index >= 15 is 0 Å². The van der Waals surface area contributed by atoms with Gasteiger partial charge in [0.25, 0.3) is 0 Å². The number of nitrogens with zero attached hydrogens (tertiary/aromatic N) is 2. The Morgan fingerprint density at radius 1 is 0.684 bits per heavy atom. The first-order chi connectivity index (χ1) is 9.36. The molecule has 0 atom stereocenters. The fraction of sp³-hybridized carbons (Fsp3) is 0.0588. The predicted octanol–water partition coefficient (Wildman–Crippen LogP) is 4.12. The largest absolute Gasteiger partial charge is 0.244 e. The summed E-state index contributed by atoms with van der Waals surface area (Å²) in [6.45, 7) is 2.13. The van der Waals surface area contributed by atoms with E-state index in [1.54, 1.807) is 6.33 Å². The van der Waals surface area contributed by atoms with E-state index in [1.165, 1.54) is 16.7 Å². The van der Waals surface area contributed by atoms with Crippen LogP contribution in [-0.2, 0) is 0 Å². The van der Waals surface area contributed by atoms with Gasteiger partial charge >= 0.3 is 0 Å². The second-order valence-electron chi connectivity index (χ2n) is 4.49. The zero-order chi connectivity index (χ0) is 13.1. The summed E-state index contributed by atoms with van der Waals surface area (Å²) in [5.41, 5.74) is 5.95. The Bertz CT molecular complexity index is 690. The van der Waals surface area contributed by atoms with Crippen LogP contribution in [0.1, 0.15) is 5.56 Å². The highest BCUT2D eigenvalue weighted by Gasteiger charge is 2.08. The zero-order valence-electron chi connectivity index (χ0n) is 10.7. The molecule has 0 aliphatic rings. The SMILES string of the molecule is Cc1ccccc1-c1ccccc1-c1cncnc1. The number of rotatable bonds is 2. The van der Waals surface area contributed by atoms with Crippen LogP contribution in [0.3, 0.4) is 0 Å². The van der Waals surface area contributed by atoms with Gasteiger partial charge in [0.1, 0.15) is 6.33 Å². The highest BCUT2D eigenvalue weighted by molar-refractivity contribution is 5.84. The topological polar surface area (TPSA) is 25.8 Å². The van der Waals surface area contributed by atoms with Crippen molar-refractivity contribution in [1.29, 1.82) is 0 Å². The first-order valence-corrected chi connectivity index (χ1v) is 6.26. The maximum Gasteiger partial charge on any atom is 0.115 e. The molecule has 0 aliphatic heterocycles. The molecule has 2 nitrogen and oxygen atoms in total. The summed E-state index contributed by atoms with van der Waals surface area (Å²) >= 11 is 0. The first kappa shape index (κ1) is 11.6. The lowest BCUT2D eigenvalue weighted by Crippen LogP contribution is -1.88. The lowest BCUT2D eigenvalue weighted by Gasteiger charge is -2.11. The molecule has 0 aliphatic carbocycles. The van der Waals surface area contributed by atoms with Gasteiger partial charge in [-0.05, 0) is 29.2 Å². The van der Waals surface area contributed by atoms with Crippen LogP contribution in [0, 0.1) is 6.92 Å². The first-order valence-electron chi connectivity index (χ1n) is 6.26. The van der Waals surface area contributed by atoms with E-state index in [2.05, 4.69) is 59.4 Å². The van der Waals surface area contributed by atoms with Crippen LogP contribution in [0.25, 0.3) is 22.3 Å². The third kappa shape index (κ3) is 2.25. The van der Waals surface area contributed by atoms with Gasteiger partial charge in [-0.25, -0.2) is 9.97 Å². The fourth-order valence-corrected chi connectivity index (χ4v) is 2.28. The summed E-state index contributed by atoms with van der Waals surface area (Å²) < 4.78 is 0. The molecular formula is C17H14N2. The summed E-state index contributed by atoms with van der Waals surface area (Å²) in [6.07, 6.45) is 5.26. The van der Waals surface area contributed by atoms with Crippen molar-refractivity contribution in [3.05, 3.63) is 72.8 Å². The highest BCUT2D eigenvalue weighted by atomic mass is 14.8. The molecule has 0 amide bonds. The molecule has 1 aromatic heterocycles. The second-order valence-corrected chi connectivity index (χ2v) is 4.49. The summed E-state index contributed by atoms with van der Waals surface area (Å²) in [5, 5.41) is 0. The number of aromatic nitrogens is 2. The molecule has 0 unspecified atom stereocenters. The molecule has 2 aromatic carbocycles. The number of benzene rings is 2. The summed E-state index contributed by atoms with van der Waals surface area (Å²) in [4.78, 5) is 8.21. The van der Waals surface area contributed by atoms with Crippen molar-refractivity contribution in [3.63, 3.8) is 0 Å². The molecule has 0 N–H and O–H groups in total. The summed E-state index contributed by atoms with van der Waals surface area (Å²) in [5.74, 6) is 0. The molecule has 0 spiro atoms. The molecule has 0 saturated heterocycles. The normalized spacial score (nSPS) is 10.4.